The maximum absolute atomic E-state index is 13.9. The molecule has 1 aromatic carbocycles. The third kappa shape index (κ3) is 4.29. The van der Waals surface area contributed by atoms with Crippen LogP contribution in [0.5, 0.6) is 0 Å². The van der Waals surface area contributed by atoms with Gasteiger partial charge in [-0.15, -0.1) is 0 Å². The number of nitriles is 1. The van der Waals surface area contributed by atoms with Crippen molar-refractivity contribution < 1.29 is 27.6 Å². The summed E-state index contributed by atoms with van der Waals surface area (Å²) < 4.78 is 40.9. The van der Waals surface area contributed by atoms with Gasteiger partial charge >= 0.3 is 0 Å². The molecular formula is C23H26F3N5O3. The maximum Gasteiger partial charge on any atom is 0.244 e. The Bertz CT molecular complexity index is 1050. The summed E-state index contributed by atoms with van der Waals surface area (Å²) in [5.41, 5.74) is -0.797. The molecule has 3 amide bonds. The molecule has 1 unspecified atom stereocenters. The van der Waals surface area contributed by atoms with Crippen molar-refractivity contribution in [2.75, 3.05) is 25.0 Å². The first-order valence-electron chi connectivity index (χ1n) is 11.2. The number of hydrogen-bond acceptors (Lipinski definition) is 5. The molecule has 2 heterocycles. The fourth-order valence-electron chi connectivity index (χ4n) is 5.38. The number of benzene rings is 1. The monoisotopic (exact) mass is 477 g/mol. The Hall–Kier alpha value is -3.29. The predicted octanol–water partition coefficient (Wildman–Crippen LogP) is 1.53. The van der Waals surface area contributed by atoms with Crippen LogP contribution in [0.1, 0.15) is 26.7 Å². The zero-order valence-corrected chi connectivity index (χ0v) is 18.8. The van der Waals surface area contributed by atoms with E-state index < -0.39 is 53.6 Å². The molecule has 5 atom stereocenters. The molecule has 0 bridgehead atoms. The van der Waals surface area contributed by atoms with E-state index in [0.29, 0.717) is 31.6 Å². The molecule has 0 aromatic heterocycles. The van der Waals surface area contributed by atoms with Crippen LogP contribution in [0.3, 0.4) is 0 Å². The minimum Gasteiger partial charge on any atom is -0.371 e. The minimum atomic E-state index is -1.17. The van der Waals surface area contributed by atoms with Crippen LogP contribution in [0.2, 0.25) is 0 Å². The highest BCUT2D eigenvalue weighted by atomic mass is 19.1. The van der Waals surface area contributed by atoms with Crippen molar-refractivity contribution in [3.8, 4) is 6.07 Å². The summed E-state index contributed by atoms with van der Waals surface area (Å²) in [5.74, 6) is -5.01. The number of halogens is 3. The Labute approximate surface area is 194 Å². The molecule has 2 saturated heterocycles. The second-order valence-corrected chi connectivity index (χ2v) is 9.75. The number of fused-ring (bicyclic) bond motifs is 1. The number of likely N-dealkylation sites (tertiary alicyclic amines) is 1. The molecule has 182 valence electrons. The van der Waals surface area contributed by atoms with Crippen molar-refractivity contribution in [1.29, 1.82) is 5.26 Å². The number of carbonyl (C=O) groups excluding carboxylic acids is 3. The summed E-state index contributed by atoms with van der Waals surface area (Å²) >= 11 is 0. The first-order valence-corrected chi connectivity index (χ1v) is 11.2. The van der Waals surface area contributed by atoms with Crippen LogP contribution in [0, 0.1) is 52.0 Å². The van der Waals surface area contributed by atoms with E-state index in [1.165, 1.54) is 4.90 Å². The van der Waals surface area contributed by atoms with E-state index in [4.69, 9.17) is 0 Å². The Kier molecular flexibility index (Phi) is 6.18. The Balaban J connectivity index is 1.44. The van der Waals surface area contributed by atoms with Crippen LogP contribution >= 0.6 is 0 Å². The molecule has 1 aromatic rings. The molecule has 0 radical (unpaired) electrons. The van der Waals surface area contributed by atoms with Gasteiger partial charge in [0.25, 0.3) is 0 Å². The van der Waals surface area contributed by atoms with Gasteiger partial charge in [-0.25, -0.2) is 13.2 Å². The molecule has 8 nitrogen and oxygen atoms in total. The van der Waals surface area contributed by atoms with Crippen LogP contribution in [-0.2, 0) is 14.4 Å². The lowest BCUT2D eigenvalue weighted by Gasteiger charge is -2.31. The summed E-state index contributed by atoms with van der Waals surface area (Å²) in [6.45, 7) is 4.33. The minimum absolute atomic E-state index is 0.0765. The molecule has 3 N–H and O–H groups in total. The van der Waals surface area contributed by atoms with Crippen LogP contribution in [0.25, 0.3) is 0 Å². The Morgan fingerprint density at radius 1 is 1.29 bits per heavy atom. The molecule has 11 heteroatoms. The van der Waals surface area contributed by atoms with E-state index in [-0.39, 0.29) is 35.5 Å². The van der Waals surface area contributed by atoms with Gasteiger partial charge in [0.05, 0.1) is 12.6 Å². The topological polar surface area (TPSA) is 114 Å². The highest BCUT2D eigenvalue weighted by molar-refractivity contribution is 5.91. The highest BCUT2D eigenvalue weighted by Gasteiger charge is 2.69. The molecular weight excluding hydrogens is 451 g/mol. The Morgan fingerprint density at radius 2 is 1.97 bits per heavy atom. The summed E-state index contributed by atoms with van der Waals surface area (Å²) in [6.07, 6.45) is 0.762. The molecule has 3 fully saturated rings. The standard InChI is InChI=1S/C23H26F3N5O3/c1-23(2)14-10-31(17(32)9-29-19-15(25)6-12(24)7-16(19)26)20(18(14)23)22(34)30-13(8-27)5-11-3-4-28-21(11)33/h6-7,11,13-14,18,20,29H,3-5,9-10H2,1-2H3,(H,28,33)(H,30,34)/t11-,13?,14-,18-,20-/m0/s1. The van der Waals surface area contributed by atoms with Crippen LogP contribution in [0.15, 0.2) is 12.1 Å². The normalized spacial score (nSPS) is 27.4. The number of anilines is 1. The fourth-order valence-corrected chi connectivity index (χ4v) is 5.38. The molecule has 2 aliphatic heterocycles. The van der Waals surface area contributed by atoms with Gasteiger partial charge in [0.1, 0.15) is 23.6 Å². The van der Waals surface area contributed by atoms with Gasteiger partial charge in [0.2, 0.25) is 17.7 Å². The quantitative estimate of drug-likeness (QED) is 0.551. The average molecular weight is 477 g/mol. The lowest BCUT2D eigenvalue weighted by atomic mass is 9.97. The largest absolute Gasteiger partial charge is 0.371 e. The average Bonchev–Trinajstić information content (AvgIpc) is 3.11. The molecule has 4 rings (SSSR count). The first-order chi connectivity index (χ1) is 16.0. The number of hydrogen-bond donors (Lipinski definition) is 3. The van der Waals surface area contributed by atoms with E-state index in [0.717, 1.165) is 0 Å². The van der Waals surface area contributed by atoms with Gasteiger partial charge in [0, 0.05) is 31.1 Å². The second kappa shape index (κ2) is 8.81. The van der Waals surface area contributed by atoms with Gasteiger partial charge in [0.15, 0.2) is 11.6 Å². The SMILES string of the molecule is CC1(C)[C@@H]2[C@@H](C(=O)NC(C#N)C[C@@H]3CCNC3=O)N(C(=O)CNc3c(F)cc(F)cc3F)C[C@@H]21. The summed E-state index contributed by atoms with van der Waals surface area (Å²) in [6, 6.07) is 1.30. The molecule has 0 spiro atoms. The number of nitrogens with one attached hydrogen (secondary N) is 3. The summed E-state index contributed by atoms with van der Waals surface area (Å²) in [4.78, 5) is 39.3. The lowest BCUT2D eigenvalue weighted by Crippen LogP contribution is -2.53. The molecule has 1 saturated carbocycles. The molecule has 3 aliphatic rings. The van der Waals surface area contributed by atoms with E-state index in [1.807, 2.05) is 19.9 Å². The van der Waals surface area contributed by atoms with E-state index in [1.54, 1.807) is 0 Å². The fraction of sp³-hybridized carbons (Fsp3) is 0.565. The number of amides is 3. The van der Waals surface area contributed by atoms with Crippen molar-refractivity contribution in [2.24, 2.45) is 23.2 Å². The van der Waals surface area contributed by atoms with Gasteiger partial charge in [-0.2, -0.15) is 5.26 Å². The summed E-state index contributed by atoms with van der Waals surface area (Å²) in [7, 11) is 0. The smallest absolute Gasteiger partial charge is 0.244 e. The van der Waals surface area contributed by atoms with Crippen molar-refractivity contribution in [1.82, 2.24) is 15.5 Å². The number of nitrogens with zero attached hydrogens (tertiary/aromatic N) is 2. The van der Waals surface area contributed by atoms with E-state index >= 15 is 0 Å². The van der Waals surface area contributed by atoms with Gasteiger partial charge in [-0.05, 0) is 30.1 Å². The zero-order chi connectivity index (χ0) is 24.8. The van der Waals surface area contributed by atoms with E-state index in [2.05, 4.69) is 16.0 Å². The van der Waals surface area contributed by atoms with Gasteiger partial charge in [-0.1, -0.05) is 13.8 Å². The van der Waals surface area contributed by atoms with Crippen molar-refractivity contribution in [2.45, 2.75) is 38.8 Å². The number of rotatable bonds is 7. The van der Waals surface area contributed by atoms with Gasteiger partial charge in [-0.3, -0.25) is 14.4 Å². The molecule has 1 aliphatic carbocycles. The first kappa shape index (κ1) is 23.9. The molecule has 34 heavy (non-hydrogen) atoms. The van der Waals surface area contributed by atoms with Crippen molar-refractivity contribution >= 4 is 23.4 Å². The van der Waals surface area contributed by atoms with Crippen LogP contribution in [0.4, 0.5) is 18.9 Å². The van der Waals surface area contributed by atoms with Gasteiger partial charge < -0.3 is 20.9 Å². The zero-order valence-electron chi connectivity index (χ0n) is 18.8. The number of piperidine rings is 1. The number of carbonyl (C=O) groups is 3. The second-order valence-electron chi connectivity index (χ2n) is 9.75. The Morgan fingerprint density at radius 3 is 2.56 bits per heavy atom. The summed E-state index contributed by atoms with van der Waals surface area (Å²) in [5, 5.41) is 17.3. The van der Waals surface area contributed by atoms with Crippen molar-refractivity contribution in [3.63, 3.8) is 0 Å². The van der Waals surface area contributed by atoms with Crippen molar-refractivity contribution in [3.05, 3.63) is 29.6 Å². The predicted molar refractivity (Wildman–Crippen MR) is 114 cm³/mol. The van der Waals surface area contributed by atoms with E-state index in [9.17, 15) is 32.8 Å². The van der Waals surface area contributed by atoms with Crippen LogP contribution in [-0.4, -0.2) is 54.3 Å². The third-order valence-electron chi connectivity index (χ3n) is 7.38. The third-order valence-corrected chi connectivity index (χ3v) is 7.38. The maximum atomic E-state index is 13.9. The highest BCUT2D eigenvalue weighted by Crippen LogP contribution is 2.64. The lowest BCUT2D eigenvalue weighted by molar-refractivity contribution is -0.139. The van der Waals surface area contributed by atoms with Crippen LogP contribution < -0.4 is 16.0 Å².